The van der Waals surface area contributed by atoms with Gasteiger partial charge in [-0.1, -0.05) is 24.6 Å². The fraction of sp³-hybridized carbons (Fsp3) is 0.560. The molecule has 1 saturated heterocycles. The molecular formula is C25H31ClFN5O2. The molecule has 5 rings (SSSR count). The lowest BCUT2D eigenvalue weighted by Crippen LogP contribution is -2.51. The van der Waals surface area contributed by atoms with Crippen LogP contribution in [-0.4, -0.2) is 65.2 Å². The number of benzene rings is 1. The standard InChI is InChI=1S/C25H31ClFN5O2/c1-15-10-21(33)23-22(15)24(30-14-29-23)31-6-8-32(9-7-31)25(34)18(13-28-12-16-2-3-16)17-4-5-19(26)20(27)11-17/h4-5,11,14-16,18,21,28,33H,2-3,6-10,12-13H2,1H3/t15?,18-,21-/m1/s1. The largest absolute Gasteiger partial charge is 0.387 e. The first kappa shape index (κ1) is 23.5. The van der Waals surface area contributed by atoms with E-state index in [-0.39, 0.29) is 16.8 Å². The van der Waals surface area contributed by atoms with E-state index in [1.807, 2.05) is 4.90 Å². The average Bonchev–Trinajstić information content (AvgIpc) is 3.62. The first-order chi connectivity index (χ1) is 16.4. The Balaban J connectivity index is 1.28. The molecule has 2 heterocycles. The summed E-state index contributed by atoms with van der Waals surface area (Å²) >= 11 is 5.88. The molecule has 2 aliphatic carbocycles. The molecule has 0 bridgehead atoms. The quantitative estimate of drug-likeness (QED) is 0.624. The number of rotatable bonds is 7. The van der Waals surface area contributed by atoms with Gasteiger partial charge in [-0.15, -0.1) is 0 Å². The van der Waals surface area contributed by atoms with Crippen LogP contribution in [0.3, 0.4) is 0 Å². The molecule has 3 aliphatic rings. The van der Waals surface area contributed by atoms with Crippen molar-refractivity contribution in [1.29, 1.82) is 0 Å². The number of amides is 1. The van der Waals surface area contributed by atoms with Gasteiger partial charge in [-0.2, -0.15) is 0 Å². The van der Waals surface area contributed by atoms with Gasteiger partial charge in [-0.3, -0.25) is 4.79 Å². The Morgan fingerprint density at radius 3 is 2.74 bits per heavy atom. The van der Waals surface area contributed by atoms with Crippen molar-refractivity contribution in [1.82, 2.24) is 20.2 Å². The molecule has 7 nitrogen and oxygen atoms in total. The summed E-state index contributed by atoms with van der Waals surface area (Å²) in [7, 11) is 0. The fourth-order valence-corrected chi connectivity index (χ4v) is 5.26. The summed E-state index contributed by atoms with van der Waals surface area (Å²) < 4.78 is 14.2. The SMILES string of the molecule is CC1C[C@@H](O)c2ncnc(N3CCN(C(=O)[C@H](CNCC4CC4)c4ccc(Cl)c(F)c4)CC3)c21. The number of nitrogens with zero attached hydrogens (tertiary/aromatic N) is 4. The number of aliphatic hydroxyl groups excluding tert-OH is 1. The topological polar surface area (TPSA) is 81.6 Å². The van der Waals surface area contributed by atoms with Crippen molar-refractivity contribution in [2.75, 3.05) is 44.2 Å². The second kappa shape index (κ2) is 9.76. The summed E-state index contributed by atoms with van der Waals surface area (Å²) in [5.74, 6) is 0.790. The monoisotopic (exact) mass is 487 g/mol. The van der Waals surface area contributed by atoms with E-state index in [9.17, 15) is 14.3 Å². The highest BCUT2D eigenvalue weighted by Gasteiger charge is 2.35. The maximum atomic E-state index is 14.2. The van der Waals surface area contributed by atoms with Crippen molar-refractivity contribution < 1.29 is 14.3 Å². The molecule has 9 heteroatoms. The number of carbonyl (C=O) groups is 1. The molecule has 34 heavy (non-hydrogen) atoms. The lowest BCUT2D eigenvalue weighted by Gasteiger charge is -2.38. The molecule has 2 aromatic rings. The van der Waals surface area contributed by atoms with Crippen LogP contribution in [0.1, 0.15) is 60.9 Å². The number of halogens is 2. The van der Waals surface area contributed by atoms with Gasteiger partial charge in [-0.25, -0.2) is 14.4 Å². The van der Waals surface area contributed by atoms with Gasteiger partial charge < -0.3 is 20.2 Å². The smallest absolute Gasteiger partial charge is 0.231 e. The summed E-state index contributed by atoms with van der Waals surface area (Å²) in [5.41, 5.74) is 2.39. The highest BCUT2D eigenvalue weighted by atomic mass is 35.5. The number of hydrogen-bond donors (Lipinski definition) is 2. The zero-order valence-electron chi connectivity index (χ0n) is 19.4. The minimum absolute atomic E-state index is 0.00127. The van der Waals surface area contributed by atoms with Crippen LogP contribution in [0.2, 0.25) is 5.02 Å². The molecule has 1 aromatic heterocycles. The van der Waals surface area contributed by atoms with Crippen molar-refractivity contribution >= 4 is 23.3 Å². The number of anilines is 1. The molecule has 2 fully saturated rings. The van der Waals surface area contributed by atoms with E-state index in [0.717, 1.165) is 23.6 Å². The number of fused-ring (bicyclic) bond motifs is 1. The summed E-state index contributed by atoms with van der Waals surface area (Å²) in [6.45, 7) is 5.87. The van der Waals surface area contributed by atoms with Gasteiger partial charge in [-0.05, 0) is 55.3 Å². The molecule has 3 atom stereocenters. The molecule has 2 N–H and O–H groups in total. The zero-order valence-corrected chi connectivity index (χ0v) is 20.1. The van der Waals surface area contributed by atoms with Gasteiger partial charge in [0.1, 0.15) is 18.0 Å². The van der Waals surface area contributed by atoms with Crippen molar-refractivity contribution in [3.05, 3.63) is 52.2 Å². The van der Waals surface area contributed by atoms with E-state index in [1.165, 1.54) is 31.3 Å². The van der Waals surface area contributed by atoms with Crippen LogP contribution in [0.5, 0.6) is 0 Å². The first-order valence-corrected chi connectivity index (χ1v) is 12.5. The maximum absolute atomic E-state index is 14.2. The summed E-state index contributed by atoms with van der Waals surface area (Å²) in [4.78, 5) is 26.4. The first-order valence-electron chi connectivity index (χ1n) is 12.1. The Labute approximate surface area is 204 Å². The minimum atomic E-state index is -0.543. The van der Waals surface area contributed by atoms with Crippen LogP contribution in [0.15, 0.2) is 24.5 Å². The number of aromatic nitrogens is 2. The predicted molar refractivity (Wildman–Crippen MR) is 129 cm³/mol. The third-order valence-corrected chi connectivity index (χ3v) is 7.60. The number of hydrogen-bond acceptors (Lipinski definition) is 6. The Hall–Kier alpha value is -2.29. The molecule has 1 unspecified atom stereocenters. The second-order valence-electron chi connectivity index (χ2n) is 9.79. The number of piperazine rings is 1. The van der Waals surface area contributed by atoms with Gasteiger partial charge in [0.2, 0.25) is 5.91 Å². The van der Waals surface area contributed by atoms with Crippen LogP contribution in [0.25, 0.3) is 0 Å². The average molecular weight is 488 g/mol. The van der Waals surface area contributed by atoms with Crippen molar-refractivity contribution in [2.45, 2.75) is 44.1 Å². The molecule has 1 amide bonds. The normalized spacial score (nSPS) is 23.2. The van der Waals surface area contributed by atoms with Crippen LogP contribution >= 0.6 is 11.6 Å². The van der Waals surface area contributed by atoms with E-state index < -0.39 is 17.8 Å². The predicted octanol–water partition coefficient (Wildman–Crippen LogP) is 3.24. The molecule has 0 spiro atoms. The molecule has 1 aliphatic heterocycles. The number of nitrogens with one attached hydrogen (secondary N) is 1. The summed E-state index contributed by atoms with van der Waals surface area (Å²) in [6.07, 6.45) is 4.09. The van der Waals surface area contributed by atoms with Crippen molar-refractivity contribution in [3.63, 3.8) is 0 Å². The van der Waals surface area contributed by atoms with Gasteiger partial charge in [0.15, 0.2) is 0 Å². The molecule has 1 saturated carbocycles. The van der Waals surface area contributed by atoms with Crippen LogP contribution in [-0.2, 0) is 4.79 Å². The molecule has 1 aromatic carbocycles. The van der Waals surface area contributed by atoms with Crippen molar-refractivity contribution in [2.24, 2.45) is 5.92 Å². The highest BCUT2D eigenvalue weighted by molar-refractivity contribution is 6.30. The number of aliphatic hydroxyl groups is 1. The van der Waals surface area contributed by atoms with E-state index in [4.69, 9.17) is 11.6 Å². The summed E-state index contributed by atoms with van der Waals surface area (Å²) in [6, 6.07) is 4.66. The minimum Gasteiger partial charge on any atom is -0.387 e. The highest BCUT2D eigenvalue weighted by Crippen LogP contribution is 2.42. The Morgan fingerprint density at radius 2 is 2.03 bits per heavy atom. The van der Waals surface area contributed by atoms with Gasteiger partial charge in [0.05, 0.1) is 22.7 Å². The Bertz CT molecular complexity index is 1060. The molecular weight excluding hydrogens is 457 g/mol. The number of carbonyl (C=O) groups excluding carboxylic acids is 1. The van der Waals surface area contributed by atoms with Crippen molar-refractivity contribution in [3.8, 4) is 0 Å². The van der Waals surface area contributed by atoms with Crippen LogP contribution in [0, 0.1) is 11.7 Å². The summed E-state index contributed by atoms with van der Waals surface area (Å²) in [5, 5.41) is 13.8. The molecule has 182 valence electrons. The molecule has 0 radical (unpaired) electrons. The Morgan fingerprint density at radius 1 is 1.26 bits per heavy atom. The van der Waals surface area contributed by atoms with Gasteiger partial charge in [0, 0.05) is 38.3 Å². The van der Waals surface area contributed by atoms with Crippen LogP contribution in [0.4, 0.5) is 10.2 Å². The zero-order chi connectivity index (χ0) is 23.8. The third-order valence-electron chi connectivity index (χ3n) is 7.29. The Kier molecular flexibility index (Phi) is 6.73. The van der Waals surface area contributed by atoms with E-state index in [0.29, 0.717) is 50.6 Å². The second-order valence-corrected chi connectivity index (χ2v) is 10.2. The van der Waals surface area contributed by atoms with Crippen LogP contribution < -0.4 is 10.2 Å². The fourth-order valence-electron chi connectivity index (χ4n) is 5.14. The van der Waals surface area contributed by atoms with Gasteiger partial charge in [0.25, 0.3) is 0 Å². The van der Waals surface area contributed by atoms with E-state index in [2.05, 4.69) is 27.1 Å². The van der Waals surface area contributed by atoms with E-state index >= 15 is 0 Å². The lowest BCUT2D eigenvalue weighted by atomic mass is 9.96. The van der Waals surface area contributed by atoms with Gasteiger partial charge >= 0.3 is 0 Å². The lowest BCUT2D eigenvalue weighted by molar-refractivity contribution is -0.133. The maximum Gasteiger partial charge on any atom is 0.231 e. The third kappa shape index (κ3) is 4.76. The van der Waals surface area contributed by atoms with E-state index in [1.54, 1.807) is 6.07 Å².